The summed E-state index contributed by atoms with van der Waals surface area (Å²) in [6, 6.07) is 11.7. The first-order valence-electron chi connectivity index (χ1n) is 11.6. The third-order valence-corrected chi connectivity index (χ3v) is 8.20. The molecule has 4 N–H and O–H groups in total. The minimum Gasteiger partial charge on any atom is -0.399 e. The Kier molecular flexibility index (Phi) is 7.84. The predicted molar refractivity (Wildman–Crippen MR) is 155 cm³/mol. The summed E-state index contributed by atoms with van der Waals surface area (Å²) in [5.74, 6) is 0. The van der Waals surface area contributed by atoms with Gasteiger partial charge in [-0.05, 0) is 104 Å². The summed E-state index contributed by atoms with van der Waals surface area (Å²) in [5, 5.41) is 17.0. The van der Waals surface area contributed by atoms with Crippen LogP contribution in [0.15, 0.2) is 83.7 Å². The van der Waals surface area contributed by atoms with E-state index in [1.54, 1.807) is 26.0 Å². The third kappa shape index (κ3) is 6.21. The van der Waals surface area contributed by atoms with Gasteiger partial charge < -0.3 is 5.73 Å². The van der Waals surface area contributed by atoms with Gasteiger partial charge in [0.2, 0.25) is 0 Å². The standard InChI is InChI=1S/C26H25N5O6S3/c1-13-6-21(14(2)5-20(13)27)28-29-22-7-16(4)23(8-15(22)3)30-31-24-12-19-17(10-26(24)40(35,36)37)9-18(38)11-25(19)39(32,33)34/h5-12,38H,27H2,1-4H3,(H,32,33,34)(H,35,36,37). The number of hydrogen-bond donors (Lipinski definition) is 4. The molecule has 40 heavy (non-hydrogen) atoms. The van der Waals surface area contributed by atoms with Crippen LogP contribution >= 0.6 is 12.6 Å². The van der Waals surface area contributed by atoms with E-state index in [2.05, 4.69) is 33.1 Å². The van der Waals surface area contributed by atoms with Crippen molar-refractivity contribution in [3.8, 4) is 0 Å². The Balaban J connectivity index is 1.78. The van der Waals surface area contributed by atoms with E-state index in [1.165, 1.54) is 6.07 Å². The van der Waals surface area contributed by atoms with Gasteiger partial charge >= 0.3 is 0 Å². The molecule has 208 valence electrons. The molecule has 4 aromatic rings. The second-order valence-corrected chi connectivity index (χ2v) is 12.6. The Morgan fingerprint density at radius 3 is 1.55 bits per heavy atom. The lowest BCUT2D eigenvalue weighted by Gasteiger charge is -2.10. The van der Waals surface area contributed by atoms with E-state index in [-0.39, 0.29) is 21.4 Å². The lowest BCUT2D eigenvalue weighted by Crippen LogP contribution is -2.02. The first-order chi connectivity index (χ1) is 18.5. The molecule has 0 aromatic heterocycles. The van der Waals surface area contributed by atoms with Crippen LogP contribution in [0.3, 0.4) is 0 Å². The van der Waals surface area contributed by atoms with Crippen molar-refractivity contribution < 1.29 is 25.9 Å². The maximum atomic E-state index is 12.1. The number of fused-ring (bicyclic) bond motifs is 1. The minimum absolute atomic E-state index is 0.0292. The number of nitrogens with zero attached hydrogens (tertiary/aromatic N) is 4. The fourth-order valence-electron chi connectivity index (χ4n) is 3.98. The number of thiol groups is 1. The molecule has 0 spiro atoms. The predicted octanol–water partition coefficient (Wildman–Crippen LogP) is 7.27. The quantitative estimate of drug-likeness (QED) is 0.0777. The molecule has 0 atom stereocenters. The minimum atomic E-state index is -4.78. The van der Waals surface area contributed by atoms with Crippen LogP contribution in [0, 0.1) is 27.7 Å². The molecule has 14 heteroatoms. The highest BCUT2D eigenvalue weighted by Crippen LogP contribution is 2.37. The van der Waals surface area contributed by atoms with E-state index in [1.807, 2.05) is 26.0 Å². The second kappa shape index (κ2) is 10.7. The molecule has 0 heterocycles. The van der Waals surface area contributed by atoms with Crippen LogP contribution in [0.4, 0.5) is 28.4 Å². The molecule has 0 saturated heterocycles. The van der Waals surface area contributed by atoms with Crippen LogP contribution in [0.25, 0.3) is 10.8 Å². The van der Waals surface area contributed by atoms with Crippen LogP contribution < -0.4 is 5.73 Å². The Morgan fingerprint density at radius 2 is 1.05 bits per heavy atom. The van der Waals surface area contributed by atoms with Crippen molar-refractivity contribution in [2.45, 2.75) is 42.4 Å². The van der Waals surface area contributed by atoms with E-state index < -0.39 is 30.0 Å². The van der Waals surface area contributed by atoms with Crippen LogP contribution in [-0.4, -0.2) is 25.9 Å². The summed E-state index contributed by atoms with van der Waals surface area (Å²) < 4.78 is 67.7. The zero-order valence-electron chi connectivity index (χ0n) is 21.8. The second-order valence-electron chi connectivity index (χ2n) is 9.26. The highest BCUT2D eigenvalue weighted by atomic mass is 32.2. The van der Waals surface area contributed by atoms with E-state index in [4.69, 9.17) is 5.73 Å². The molecule has 0 radical (unpaired) electrons. The largest absolute Gasteiger partial charge is 0.399 e. The summed E-state index contributed by atoms with van der Waals surface area (Å²) in [5.41, 5.74) is 11.0. The topological polar surface area (TPSA) is 184 Å². The zero-order chi connectivity index (χ0) is 29.6. The van der Waals surface area contributed by atoms with Gasteiger partial charge in [-0.15, -0.1) is 17.7 Å². The fraction of sp³-hybridized carbons (Fsp3) is 0.154. The molecular weight excluding hydrogens is 575 g/mol. The summed E-state index contributed by atoms with van der Waals surface area (Å²) in [6.45, 7) is 7.31. The van der Waals surface area contributed by atoms with Gasteiger partial charge in [0.25, 0.3) is 20.2 Å². The molecule has 0 saturated carbocycles. The van der Waals surface area contributed by atoms with E-state index >= 15 is 0 Å². The van der Waals surface area contributed by atoms with Crippen LogP contribution in [0.1, 0.15) is 22.3 Å². The van der Waals surface area contributed by atoms with Gasteiger partial charge in [0.1, 0.15) is 15.5 Å². The Bertz CT molecular complexity index is 1970. The maximum absolute atomic E-state index is 12.1. The lowest BCUT2D eigenvalue weighted by atomic mass is 10.1. The molecular formula is C26H25N5O6S3. The van der Waals surface area contributed by atoms with Crippen molar-refractivity contribution in [3.63, 3.8) is 0 Å². The highest BCUT2D eigenvalue weighted by molar-refractivity contribution is 7.86. The average molecular weight is 600 g/mol. The Hall–Kier alpha value is -3.69. The molecule has 4 rings (SSSR count). The first kappa shape index (κ1) is 29.3. The third-order valence-electron chi connectivity index (χ3n) is 6.16. The van der Waals surface area contributed by atoms with Crippen molar-refractivity contribution in [2.24, 2.45) is 20.5 Å². The van der Waals surface area contributed by atoms with Gasteiger partial charge in [-0.1, -0.05) is 0 Å². The average Bonchev–Trinajstić information content (AvgIpc) is 2.84. The molecule has 0 aliphatic carbocycles. The fourth-order valence-corrected chi connectivity index (χ4v) is 5.70. The number of rotatable bonds is 6. The SMILES string of the molecule is Cc1cc(N=Nc2cc(C)c(N=Nc3cc4c(S(=O)(=O)O)cc(S)cc4cc3S(=O)(=O)O)cc2C)c(C)cc1N. The zero-order valence-corrected chi connectivity index (χ0v) is 24.3. The van der Waals surface area contributed by atoms with Crippen LogP contribution in [0.2, 0.25) is 0 Å². The number of anilines is 1. The normalized spacial score (nSPS) is 12.7. The molecule has 4 aromatic carbocycles. The molecule has 0 bridgehead atoms. The number of nitrogen functional groups attached to an aromatic ring is 1. The number of benzene rings is 4. The van der Waals surface area contributed by atoms with Gasteiger partial charge in [-0.25, -0.2) is 0 Å². The van der Waals surface area contributed by atoms with Crippen LogP contribution in [0.5, 0.6) is 0 Å². The van der Waals surface area contributed by atoms with Crippen molar-refractivity contribution in [2.75, 3.05) is 5.73 Å². The van der Waals surface area contributed by atoms with Crippen molar-refractivity contribution in [1.29, 1.82) is 0 Å². The summed E-state index contributed by atoms with van der Waals surface area (Å²) in [7, 11) is -9.48. The first-order valence-corrected chi connectivity index (χ1v) is 14.9. The van der Waals surface area contributed by atoms with E-state index in [0.29, 0.717) is 33.9 Å². The van der Waals surface area contributed by atoms with Gasteiger partial charge in [0.15, 0.2) is 0 Å². The summed E-state index contributed by atoms with van der Waals surface area (Å²) >= 11 is 4.11. The van der Waals surface area contributed by atoms with Gasteiger partial charge in [-0.3, -0.25) is 9.11 Å². The highest BCUT2D eigenvalue weighted by Gasteiger charge is 2.22. The van der Waals surface area contributed by atoms with E-state index in [9.17, 15) is 25.9 Å². The molecule has 0 fully saturated rings. The Labute approximate surface area is 236 Å². The monoisotopic (exact) mass is 599 g/mol. The number of hydrogen-bond acceptors (Lipinski definition) is 10. The Morgan fingerprint density at radius 1 is 0.600 bits per heavy atom. The van der Waals surface area contributed by atoms with Crippen LogP contribution in [-0.2, 0) is 20.2 Å². The number of aryl methyl sites for hydroxylation is 4. The van der Waals surface area contributed by atoms with Gasteiger partial charge in [-0.2, -0.15) is 32.2 Å². The molecule has 0 unspecified atom stereocenters. The van der Waals surface area contributed by atoms with E-state index in [0.717, 1.165) is 29.3 Å². The molecule has 0 aliphatic rings. The lowest BCUT2D eigenvalue weighted by molar-refractivity contribution is 0.482. The van der Waals surface area contributed by atoms with Crippen molar-refractivity contribution in [3.05, 3.63) is 70.8 Å². The number of azo groups is 2. The molecule has 11 nitrogen and oxygen atoms in total. The van der Waals surface area contributed by atoms with Gasteiger partial charge in [0, 0.05) is 16.0 Å². The van der Waals surface area contributed by atoms with Crippen molar-refractivity contribution in [1.82, 2.24) is 0 Å². The summed E-state index contributed by atoms with van der Waals surface area (Å²) in [4.78, 5) is -0.944. The van der Waals surface area contributed by atoms with Crippen molar-refractivity contribution >= 4 is 72.1 Å². The van der Waals surface area contributed by atoms with Gasteiger partial charge in [0.05, 0.1) is 17.1 Å². The summed E-state index contributed by atoms with van der Waals surface area (Å²) in [6.07, 6.45) is 0. The molecule has 0 aliphatic heterocycles. The smallest absolute Gasteiger partial charge is 0.296 e. The number of nitrogens with two attached hydrogens (primary N) is 1. The maximum Gasteiger partial charge on any atom is 0.296 e. The molecule has 0 amide bonds.